The van der Waals surface area contributed by atoms with E-state index in [1.54, 1.807) is 0 Å². The molecule has 0 aromatic heterocycles. The van der Waals surface area contributed by atoms with E-state index in [9.17, 15) is 4.79 Å². The number of amidine groups is 1. The number of nitrogens with zero attached hydrogens (tertiary/aromatic N) is 1. The quantitative estimate of drug-likeness (QED) is 0.287. The van der Waals surface area contributed by atoms with E-state index in [1.165, 1.54) is 0 Å². The summed E-state index contributed by atoms with van der Waals surface area (Å²) in [7, 11) is 0. The van der Waals surface area contributed by atoms with Crippen LogP contribution >= 0.6 is 0 Å². The second kappa shape index (κ2) is 4.99. The van der Waals surface area contributed by atoms with Crippen LogP contribution < -0.4 is 11.1 Å². The molecule has 0 unspecified atom stereocenters. The zero-order valence-electron chi connectivity index (χ0n) is 8.34. The van der Waals surface area contributed by atoms with Crippen LogP contribution in [0.25, 0.3) is 0 Å². The van der Waals surface area contributed by atoms with Crippen molar-refractivity contribution in [2.75, 3.05) is 0 Å². The fourth-order valence-corrected chi connectivity index (χ4v) is 1.14. The summed E-state index contributed by atoms with van der Waals surface area (Å²) in [6.07, 6.45) is 0. The summed E-state index contributed by atoms with van der Waals surface area (Å²) in [5.74, 6) is -1.04. The molecule has 4 N–H and O–H groups in total. The van der Waals surface area contributed by atoms with E-state index in [4.69, 9.17) is 10.9 Å². The van der Waals surface area contributed by atoms with Crippen LogP contribution in [0.1, 0.15) is 18.5 Å². The summed E-state index contributed by atoms with van der Waals surface area (Å²) < 4.78 is 0. The first-order chi connectivity index (χ1) is 7.15. The second-order valence-corrected chi connectivity index (χ2v) is 3.09. The van der Waals surface area contributed by atoms with Crippen LogP contribution in [-0.2, 0) is 4.79 Å². The zero-order chi connectivity index (χ0) is 11.3. The van der Waals surface area contributed by atoms with Gasteiger partial charge in [0.1, 0.15) is 0 Å². The minimum atomic E-state index is -0.589. The summed E-state index contributed by atoms with van der Waals surface area (Å²) >= 11 is 0. The first-order valence-electron chi connectivity index (χ1n) is 4.48. The average Bonchev–Trinajstić information content (AvgIpc) is 2.29. The van der Waals surface area contributed by atoms with Crippen molar-refractivity contribution in [3.8, 4) is 0 Å². The molecular weight excluding hydrogens is 194 g/mol. The third-order valence-corrected chi connectivity index (χ3v) is 1.99. The molecule has 1 amide bonds. The molecule has 0 spiro atoms. The van der Waals surface area contributed by atoms with Gasteiger partial charge in [-0.05, 0) is 12.5 Å². The Bertz CT molecular complexity index is 362. The molecule has 0 bridgehead atoms. The van der Waals surface area contributed by atoms with Gasteiger partial charge < -0.3 is 16.3 Å². The van der Waals surface area contributed by atoms with E-state index in [0.717, 1.165) is 5.56 Å². The minimum absolute atomic E-state index is 0.181. The van der Waals surface area contributed by atoms with Crippen LogP contribution in [0.3, 0.4) is 0 Å². The first-order valence-corrected chi connectivity index (χ1v) is 4.48. The Labute approximate surface area is 87.6 Å². The number of benzene rings is 1. The summed E-state index contributed by atoms with van der Waals surface area (Å²) in [4.78, 5) is 11.2. The van der Waals surface area contributed by atoms with Crippen LogP contribution in [0.15, 0.2) is 35.5 Å². The molecule has 0 fully saturated rings. The van der Waals surface area contributed by atoms with Crippen molar-refractivity contribution in [1.82, 2.24) is 5.32 Å². The van der Waals surface area contributed by atoms with E-state index in [0.29, 0.717) is 0 Å². The van der Waals surface area contributed by atoms with Crippen LogP contribution in [-0.4, -0.2) is 17.0 Å². The van der Waals surface area contributed by atoms with Crippen LogP contribution in [0.5, 0.6) is 0 Å². The summed E-state index contributed by atoms with van der Waals surface area (Å²) in [5.41, 5.74) is 6.09. The van der Waals surface area contributed by atoms with Gasteiger partial charge in [0, 0.05) is 0 Å². The Morgan fingerprint density at radius 3 is 2.60 bits per heavy atom. The molecule has 1 aromatic carbocycles. The van der Waals surface area contributed by atoms with Crippen molar-refractivity contribution in [1.29, 1.82) is 0 Å². The van der Waals surface area contributed by atoms with E-state index < -0.39 is 11.7 Å². The van der Waals surface area contributed by atoms with E-state index >= 15 is 0 Å². The lowest BCUT2D eigenvalue weighted by Crippen LogP contribution is -2.37. The standard InChI is InChI=1S/C10H13N3O2/c1-7(8-5-3-2-4-6-8)12-10(14)9(11)13-15/h2-7,15H,1H3,(H2,11,13)(H,12,14)/t7-/m1/s1. The molecule has 15 heavy (non-hydrogen) atoms. The molecule has 0 saturated carbocycles. The smallest absolute Gasteiger partial charge is 0.290 e. The lowest BCUT2D eigenvalue weighted by Gasteiger charge is -2.13. The number of oxime groups is 1. The van der Waals surface area contributed by atoms with Crippen LogP contribution in [0.4, 0.5) is 0 Å². The van der Waals surface area contributed by atoms with Gasteiger partial charge >= 0.3 is 0 Å². The van der Waals surface area contributed by atoms with Crippen molar-refractivity contribution in [2.24, 2.45) is 10.9 Å². The molecule has 0 aliphatic heterocycles. The number of hydrogen-bond acceptors (Lipinski definition) is 3. The normalized spacial score (nSPS) is 13.3. The maximum Gasteiger partial charge on any atom is 0.290 e. The lowest BCUT2D eigenvalue weighted by atomic mass is 10.1. The Kier molecular flexibility index (Phi) is 3.68. The number of hydrogen-bond donors (Lipinski definition) is 3. The van der Waals surface area contributed by atoms with Gasteiger partial charge in [0.25, 0.3) is 5.91 Å². The second-order valence-electron chi connectivity index (χ2n) is 3.09. The number of carbonyl (C=O) groups is 1. The van der Waals surface area contributed by atoms with Crippen LogP contribution in [0, 0.1) is 0 Å². The molecule has 1 atom stereocenters. The molecule has 0 aliphatic rings. The summed E-state index contributed by atoms with van der Waals surface area (Å²) in [5, 5.41) is 13.5. The Balaban J connectivity index is 2.65. The third kappa shape index (κ3) is 2.98. The molecule has 1 aromatic rings. The summed E-state index contributed by atoms with van der Waals surface area (Å²) in [6.45, 7) is 1.82. The lowest BCUT2D eigenvalue weighted by molar-refractivity contribution is -0.115. The van der Waals surface area contributed by atoms with Crippen molar-refractivity contribution in [2.45, 2.75) is 13.0 Å². The Morgan fingerprint density at radius 2 is 2.07 bits per heavy atom. The molecule has 0 aliphatic carbocycles. The Hall–Kier alpha value is -2.04. The minimum Gasteiger partial charge on any atom is -0.409 e. The van der Waals surface area contributed by atoms with Crippen molar-refractivity contribution in [3.05, 3.63) is 35.9 Å². The number of amides is 1. The molecule has 5 heteroatoms. The summed E-state index contributed by atoms with van der Waals surface area (Å²) in [6, 6.07) is 9.23. The van der Waals surface area contributed by atoms with Gasteiger partial charge in [0.05, 0.1) is 6.04 Å². The maximum absolute atomic E-state index is 11.2. The van der Waals surface area contributed by atoms with Gasteiger partial charge in [-0.1, -0.05) is 35.5 Å². The van der Waals surface area contributed by atoms with Gasteiger partial charge in [-0.25, -0.2) is 0 Å². The molecule has 5 nitrogen and oxygen atoms in total. The molecule has 0 heterocycles. The Morgan fingerprint density at radius 1 is 1.47 bits per heavy atom. The molecular formula is C10H13N3O2. The molecule has 0 saturated heterocycles. The fraction of sp³-hybridized carbons (Fsp3) is 0.200. The van der Waals surface area contributed by atoms with Gasteiger partial charge in [-0.2, -0.15) is 0 Å². The SMILES string of the molecule is C[C@@H](NC(=O)/C(N)=N/O)c1ccccc1. The third-order valence-electron chi connectivity index (χ3n) is 1.99. The molecule has 0 radical (unpaired) electrons. The highest BCUT2D eigenvalue weighted by molar-refractivity contribution is 6.37. The monoisotopic (exact) mass is 207 g/mol. The number of nitrogens with two attached hydrogens (primary N) is 1. The van der Waals surface area contributed by atoms with Crippen molar-refractivity contribution >= 4 is 11.7 Å². The highest BCUT2D eigenvalue weighted by Crippen LogP contribution is 2.10. The zero-order valence-corrected chi connectivity index (χ0v) is 8.34. The van der Waals surface area contributed by atoms with E-state index in [-0.39, 0.29) is 6.04 Å². The largest absolute Gasteiger partial charge is 0.409 e. The van der Waals surface area contributed by atoms with Gasteiger partial charge in [0.2, 0.25) is 5.84 Å². The van der Waals surface area contributed by atoms with Gasteiger partial charge in [-0.3, -0.25) is 4.79 Å². The number of carbonyl (C=O) groups excluding carboxylic acids is 1. The average molecular weight is 207 g/mol. The highest BCUT2D eigenvalue weighted by atomic mass is 16.4. The highest BCUT2D eigenvalue weighted by Gasteiger charge is 2.12. The van der Waals surface area contributed by atoms with Gasteiger partial charge in [0.15, 0.2) is 0 Å². The van der Waals surface area contributed by atoms with E-state index in [2.05, 4.69) is 10.5 Å². The number of nitrogens with one attached hydrogen (secondary N) is 1. The molecule has 80 valence electrons. The molecule has 1 rings (SSSR count). The predicted octanol–water partition coefficient (Wildman–Crippen LogP) is 0.610. The van der Waals surface area contributed by atoms with Crippen molar-refractivity contribution < 1.29 is 10.0 Å². The van der Waals surface area contributed by atoms with E-state index in [1.807, 2.05) is 37.3 Å². The first kappa shape index (κ1) is 11.0. The topological polar surface area (TPSA) is 87.7 Å². The fourth-order valence-electron chi connectivity index (χ4n) is 1.14. The van der Waals surface area contributed by atoms with Crippen LogP contribution in [0.2, 0.25) is 0 Å². The van der Waals surface area contributed by atoms with Crippen molar-refractivity contribution in [3.63, 3.8) is 0 Å². The maximum atomic E-state index is 11.2. The van der Waals surface area contributed by atoms with Gasteiger partial charge in [-0.15, -0.1) is 0 Å². The number of rotatable bonds is 2. The predicted molar refractivity (Wildman–Crippen MR) is 56.4 cm³/mol.